The van der Waals surface area contributed by atoms with Gasteiger partial charge >= 0.3 is 0 Å². The summed E-state index contributed by atoms with van der Waals surface area (Å²) < 4.78 is 0. The normalized spacial score (nSPS) is 12.4. The first-order valence-electron chi connectivity index (χ1n) is 17.6. The van der Waals surface area contributed by atoms with Crippen molar-refractivity contribution < 1.29 is 5.32 Å². The van der Waals surface area contributed by atoms with Crippen LogP contribution < -0.4 is 10.6 Å². The molecule has 0 fully saturated rings. The number of unbranched alkanes of at least 4 members (excludes halogenated alkanes) is 22. The van der Waals surface area contributed by atoms with Crippen LogP contribution in [0.2, 0.25) is 0 Å². The van der Waals surface area contributed by atoms with E-state index in [2.05, 4.69) is 45.3 Å². The van der Waals surface area contributed by atoms with Crippen LogP contribution in [0.3, 0.4) is 0 Å². The third-order valence-electron chi connectivity index (χ3n) is 7.68. The van der Waals surface area contributed by atoms with E-state index in [9.17, 15) is 0 Å². The van der Waals surface area contributed by atoms with Crippen molar-refractivity contribution in [3.63, 3.8) is 0 Å². The minimum atomic E-state index is 0.102. The van der Waals surface area contributed by atoms with Gasteiger partial charge in [0.2, 0.25) is 0 Å². The van der Waals surface area contributed by atoms with Crippen molar-refractivity contribution in [3.05, 3.63) is 0 Å². The Balaban J connectivity index is 3.69. The van der Waals surface area contributed by atoms with Crippen LogP contribution in [0, 0.1) is 0 Å². The summed E-state index contributed by atoms with van der Waals surface area (Å²) in [6, 6.07) is 0. The van der Waals surface area contributed by atoms with E-state index in [0.29, 0.717) is 0 Å². The second-order valence-electron chi connectivity index (χ2n) is 13.1. The highest BCUT2D eigenvalue weighted by molar-refractivity contribution is 5.82. The van der Waals surface area contributed by atoms with Gasteiger partial charge in [-0.05, 0) is 40.0 Å². The number of nitrogens with one attached hydrogen (secondary N) is 1. The molecule has 3 nitrogen and oxygen atoms in total. The number of aliphatic imine (C=N–C) groups is 1. The molecule has 38 heavy (non-hydrogen) atoms. The van der Waals surface area contributed by atoms with Gasteiger partial charge < -0.3 is 10.6 Å². The van der Waals surface area contributed by atoms with Crippen molar-refractivity contribution in [1.29, 1.82) is 0 Å². The number of nitrogens with zero attached hydrogens (tertiary/aromatic N) is 1. The minimum Gasteiger partial charge on any atom is -0.369 e. The summed E-state index contributed by atoms with van der Waals surface area (Å²) in [4.78, 5) is 4.98. The Labute approximate surface area is 241 Å². The summed E-state index contributed by atoms with van der Waals surface area (Å²) in [7, 11) is 0. The Kier molecular flexibility index (Phi) is 29.0. The topological polar surface area (TPSA) is 41.0 Å². The standard InChI is InChI=1S/C35H73N3/c1-6-8-10-12-14-16-18-20-22-24-26-28-31-36-33-30-34(38-35(3,4)5)37-32-29-27-25-23-21-19-17-15-13-11-9-7-2/h36H,6-33H2,1-5H3,(H,37,38)/p+1. The maximum Gasteiger partial charge on any atom is 0.102 e. The van der Waals surface area contributed by atoms with Gasteiger partial charge in [-0.1, -0.05) is 149 Å². The SMILES string of the molecule is CCCCCCCCCCCCCCN=C(CC[NH2+]CCCCCCCCCCCCCC)NC(C)(C)C. The van der Waals surface area contributed by atoms with E-state index in [0.717, 1.165) is 13.0 Å². The maximum absolute atomic E-state index is 4.98. The fourth-order valence-corrected chi connectivity index (χ4v) is 5.29. The van der Waals surface area contributed by atoms with Gasteiger partial charge in [0.1, 0.15) is 5.84 Å². The molecule has 0 unspecified atom stereocenters. The molecule has 0 bridgehead atoms. The average Bonchev–Trinajstić information content (AvgIpc) is 2.88. The Hall–Kier alpha value is -0.570. The Morgan fingerprint density at radius 2 is 0.868 bits per heavy atom. The third kappa shape index (κ3) is 31.6. The lowest BCUT2D eigenvalue weighted by Crippen LogP contribution is -2.84. The largest absolute Gasteiger partial charge is 0.369 e. The number of amidine groups is 1. The summed E-state index contributed by atoms with van der Waals surface area (Å²) in [6.07, 6.45) is 35.1. The van der Waals surface area contributed by atoms with E-state index in [-0.39, 0.29) is 5.54 Å². The number of hydrogen-bond acceptors (Lipinski definition) is 1. The number of nitrogens with two attached hydrogens (primary N) is 1. The molecule has 228 valence electrons. The second-order valence-corrected chi connectivity index (χ2v) is 13.1. The van der Waals surface area contributed by atoms with Gasteiger partial charge in [-0.3, -0.25) is 4.99 Å². The quantitative estimate of drug-likeness (QED) is 0.0557. The molecular formula is C35H74N3+. The van der Waals surface area contributed by atoms with Gasteiger partial charge in [0.15, 0.2) is 0 Å². The van der Waals surface area contributed by atoms with Crippen molar-refractivity contribution in [2.24, 2.45) is 4.99 Å². The first-order chi connectivity index (χ1) is 18.5. The second kappa shape index (κ2) is 29.4. The molecule has 3 heteroatoms. The summed E-state index contributed by atoms with van der Waals surface area (Å²) in [6.45, 7) is 14.8. The third-order valence-corrected chi connectivity index (χ3v) is 7.68. The molecule has 0 saturated heterocycles. The first kappa shape index (κ1) is 37.4. The van der Waals surface area contributed by atoms with Crippen LogP contribution in [0.1, 0.15) is 195 Å². The van der Waals surface area contributed by atoms with E-state index in [1.807, 2.05) is 0 Å². The van der Waals surface area contributed by atoms with Gasteiger partial charge in [-0.2, -0.15) is 0 Å². The number of quaternary nitrogens is 1. The number of rotatable bonds is 29. The van der Waals surface area contributed by atoms with Crippen LogP contribution in [0.4, 0.5) is 0 Å². The summed E-state index contributed by atoms with van der Waals surface area (Å²) in [5.74, 6) is 1.23. The highest BCUT2D eigenvalue weighted by Gasteiger charge is 2.12. The lowest BCUT2D eigenvalue weighted by molar-refractivity contribution is -0.653. The predicted molar refractivity (Wildman–Crippen MR) is 174 cm³/mol. The highest BCUT2D eigenvalue weighted by atomic mass is 15.0. The predicted octanol–water partition coefficient (Wildman–Crippen LogP) is 10.1. The molecule has 0 amide bonds. The molecule has 0 atom stereocenters. The van der Waals surface area contributed by atoms with E-state index in [1.54, 1.807) is 0 Å². The summed E-state index contributed by atoms with van der Waals surface area (Å²) >= 11 is 0. The number of hydrogen-bond donors (Lipinski definition) is 2. The lowest BCUT2D eigenvalue weighted by Gasteiger charge is -2.23. The monoisotopic (exact) mass is 537 g/mol. The van der Waals surface area contributed by atoms with Crippen LogP contribution in [-0.2, 0) is 0 Å². The molecule has 0 aliphatic carbocycles. The van der Waals surface area contributed by atoms with Crippen molar-refractivity contribution >= 4 is 5.84 Å². The highest BCUT2D eigenvalue weighted by Crippen LogP contribution is 2.13. The molecule has 0 aromatic carbocycles. The molecule has 0 heterocycles. The van der Waals surface area contributed by atoms with Crippen LogP contribution in [0.15, 0.2) is 4.99 Å². The molecule has 0 aromatic rings. The van der Waals surface area contributed by atoms with Crippen molar-refractivity contribution in [2.75, 3.05) is 19.6 Å². The van der Waals surface area contributed by atoms with Crippen molar-refractivity contribution in [1.82, 2.24) is 5.32 Å². The molecule has 0 radical (unpaired) electrons. The van der Waals surface area contributed by atoms with Crippen molar-refractivity contribution in [2.45, 2.75) is 201 Å². The summed E-state index contributed by atoms with van der Waals surface area (Å²) in [5, 5.41) is 6.19. The zero-order valence-corrected chi connectivity index (χ0v) is 27.3. The minimum absolute atomic E-state index is 0.102. The molecule has 0 aliphatic heterocycles. The Bertz CT molecular complexity index is 480. The zero-order chi connectivity index (χ0) is 28.0. The van der Waals surface area contributed by atoms with Crippen LogP contribution >= 0.6 is 0 Å². The van der Waals surface area contributed by atoms with Gasteiger partial charge in [0, 0.05) is 12.1 Å². The van der Waals surface area contributed by atoms with Gasteiger partial charge in [-0.15, -0.1) is 0 Å². The van der Waals surface area contributed by atoms with Gasteiger partial charge in [0.25, 0.3) is 0 Å². The van der Waals surface area contributed by atoms with Gasteiger partial charge in [-0.25, -0.2) is 0 Å². The average molecular weight is 537 g/mol. The Morgan fingerprint density at radius 1 is 0.500 bits per heavy atom. The first-order valence-corrected chi connectivity index (χ1v) is 17.6. The molecule has 0 aliphatic rings. The fraction of sp³-hybridized carbons (Fsp3) is 0.971. The van der Waals surface area contributed by atoms with E-state index >= 15 is 0 Å². The van der Waals surface area contributed by atoms with E-state index in [1.165, 1.54) is 173 Å². The smallest absolute Gasteiger partial charge is 0.102 e. The zero-order valence-electron chi connectivity index (χ0n) is 27.3. The van der Waals surface area contributed by atoms with E-state index < -0.39 is 0 Å². The van der Waals surface area contributed by atoms with Crippen LogP contribution in [0.5, 0.6) is 0 Å². The molecule has 0 spiro atoms. The van der Waals surface area contributed by atoms with Gasteiger partial charge in [0.05, 0.1) is 19.5 Å². The molecular weight excluding hydrogens is 462 g/mol. The van der Waals surface area contributed by atoms with Crippen LogP contribution in [-0.4, -0.2) is 31.0 Å². The fourth-order valence-electron chi connectivity index (χ4n) is 5.29. The summed E-state index contributed by atoms with van der Waals surface area (Å²) in [5.41, 5.74) is 0.102. The van der Waals surface area contributed by atoms with E-state index in [4.69, 9.17) is 4.99 Å². The maximum atomic E-state index is 4.98. The lowest BCUT2D eigenvalue weighted by atomic mass is 10.1. The van der Waals surface area contributed by atoms with Crippen LogP contribution in [0.25, 0.3) is 0 Å². The Morgan fingerprint density at radius 3 is 1.26 bits per heavy atom. The molecule has 0 rings (SSSR count). The molecule has 0 aromatic heterocycles. The molecule has 3 N–H and O–H groups in total. The molecule has 0 saturated carbocycles. The van der Waals surface area contributed by atoms with Crippen molar-refractivity contribution in [3.8, 4) is 0 Å².